The van der Waals surface area contributed by atoms with E-state index in [0.717, 1.165) is 19.4 Å². The van der Waals surface area contributed by atoms with Gasteiger partial charge in [0.05, 0.1) is 6.04 Å². The molecule has 0 spiro atoms. The van der Waals surface area contributed by atoms with E-state index in [1.165, 1.54) is 0 Å². The average Bonchev–Trinajstić information content (AvgIpc) is 2.43. The van der Waals surface area contributed by atoms with E-state index in [4.69, 9.17) is 10.5 Å². The molecule has 0 aromatic heterocycles. The summed E-state index contributed by atoms with van der Waals surface area (Å²) >= 11 is 0. The molecule has 1 aliphatic heterocycles. The van der Waals surface area contributed by atoms with Gasteiger partial charge in [0, 0.05) is 6.54 Å². The molecule has 4 heteroatoms. The highest BCUT2D eigenvalue weighted by molar-refractivity contribution is 5.70. The van der Waals surface area contributed by atoms with Crippen LogP contribution in [0, 0.1) is 5.41 Å². The predicted molar refractivity (Wildman–Crippen MR) is 59.6 cm³/mol. The summed E-state index contributed by atoms with van der Waals surface area (Å²) in [6, 6.07) is 0.222. The van der Waals surface area contributed by atoms with Gasteiger partial charge in [0.2, 0.25) is 0 Å². The maximum absolute atomic E-state index is 11.5. The molecule has 0 aromatic rings. The number of rotatable bonds is 4. The maximum Gasteiger partial charge on any atom is 0.410 e. The van der Waals surface area contributed by atoms with Crippen molar-refractivity contribution >= 4 is 6.09 Å². The van der Waals surface area contributed by atoms with Crippen molar-refractivity contribution in [1.82, 2.24) is 4.90 Å². The third kappa shape index (κ3) is 3.70. The zero-order chi connectivity index (χ0) is 11.5. The fraction of sp³-hybridized carbons (Fsp3) is 0.909. The molecule has 0 bridgehead atoms. The molecule has 1 aliphatic rings. The van der Waals surface area contributed by atoms with Crippen LogP contribution in [-0.4, -0.2) is 36.7 Å². The summed E-state index contributed by atoms with van der Waals surface area (Å²) in [4.78, 5) is 13.3. The minimum Gasteiger partial charge on any atom is -0.447 e. The summed E-state index contributed by atoms with van der Waals surface area (Å²) in [5, 5.41) is 0. The second kappa shape index (κ2) is 4.84. The largest absolute Gasteiger partial charge is 0.447 e. The Morgan fingerprint density at radius 2 is 2.20 bits per heavy atom. The minimum atomic E-state index is -0.174. The monoisotopic (exact) mass is 214 g/mol. The third-order valence-electron chi connectivity index (χ3n) is 2.46. The van der Waals surface area contributed by atoms with E-state index >= 15 is 0 Å². The summed E-state index contributed by atoms with van der Waals surface area (Å²) in [5.41, 5.74) is 5.59. The predicted octanol–water partition coefficient (Wildman–Crippen LogP) is 1.59. The Morgan fingerprint density at radius 1 is 1.53 bits per heavy atom. The number of ether oxygens (including phenoxy) is 1. The number of carbonyl (C=O) groups is 1. The van der Waals surface area contributed by atoms with E-state index in [9.17, 15) is 4.79 Å². The van der Waals surface area contributed by atoms with Crippen molar-refractivity contribution in [3.63, 3.8) is 0 Å². The maximum atomic E-state index is 11.5. The highest BCUT2D eigenvalue weighted by Crippen LogP contribution is 2.23. The SMILES string of the molecule is CC(C)(C)CN1C(=O)OCC1CCCN. The number of nitrogens with zero attached hydrogens (tertiary/aromatic N) is 1. The number of amides is 1. The first-order chi connectivity index (χ1) is 6.94. The van der Waals surface area contributed by atoms with Gasteiger partial charge in [-0.25, -0.2) is 4.79 Å². The number of carbonyl (C=O) groups excluding carboxylic acids is 1. The normalized spacial score (nSPS) is 22.0. The van der Waals surface area contributed by atoms with E-state index in [1.807, 2.05) is 4.90 Å². The minimum absolute atomic E-state index is 0.115. The summed E-state index contributed by atoms with van der Waals surface area (Å²) in [5.74, 6) is 0. The van der Waals surface area contributed by atoms with Crippen molar-refractivity contribution in [2.45, 2.75) is 39.7 Å². The zero-order valence-corrected chi connectivity index (χ0v) is 9.95. The Labute approximate surface area is 91.8 Å². The van der Waals surface area contributed by atoms with Crippen LogP contribution in [0.1, 0.15) is 33.6 Å². The van der Waals surface area contributed by atoms with Crippen LogP contribution < -0.4 is 5.73 Å². The van der Waals surface area contributed by atoms with Crippen molar-refractivity contribution in [2.75, 3.05) is 19.7 Å². The molecule has 1 saturated heterocycles. The first-order valence-electron chi connectivity index (χ1n) is 5.57. The van der Waals surface area contributed by atoms with Crippen LogP contribution in [-0.2, 0) is 4.74 Å². The molecule has 15 heavy (non-hydrogen) atoms. The molecule has 0 aromatic carbocycles. The van der Waals surface area contributed by atoms with Crippen LogP contribution in [0.4, 0.5) is 4.79 Å². The van der Waals surface area contributed by atoms with Crippen molar-refractivity contribution in [2.24, 2.45) is 11.1 Å². The lowest BCUT2D eigenvalue weighted by Gasteiger charge is -2.28. The van der Waals surface area contributed by atoms with Crippen LogP contribution in [0.5, 0.6) is 0 Å². The van der Waals surface area contributed by atoms with Gasteiger partial charge in [-0.1, -0.05) is 20.8 Å². The smallest absolute Gasteiger partial charge is 0.410 e. The summed E-state index contributed by atoms with van der Waals surface area (Å²) < 4.78 is 5.07. The van der Waals surface area contributed by atoms with Crippen LogP contribution in [0.3, 0.4) is 0 Å². The Hall–Kier alpha value is -0.770. The molecule has 1 rings (SSSR count). The van der Waals surface area contributed by atoms with Gasteiger partial charge < -0.3 is 15.4 Å². The highest BCUT2D eigenvalue weighted by Gasteiger charge is 2.34. The Bertz CT molecular complexity index is 223. The molecular weight excluding hydrogens is 192 g/mol. The number of hydrogen-bond donors (Lipinski definition) is 1. The lowest BCUT2D eigenvalue weighted by atomic mass is 9.95. The van der Waals surface area contributed by atoms with Gasteiger partial charge in [-0.3, -0.25) is 0 Å². The second-order valence-corrected chi connectivity index (χ2v) is 5.35. The summed E-state index contributed by atoms with van der Waals surface area (Å²) in [6.45, 7) is 8.32. The molecular formula is C11H22N2O2. The summed E-state index contributed by atoms with van der Waals surface area (Å²) in [7, 11) is 0. The van der Waals surface area contributed by atoms with Crippen molar-refractivity contribution in [1.29, 1.82) is 0 Å². The molecule has 1 amide bonds. The van der Waals surface area contributed by atoms with Crippen molar-refractivity contribution < 1.29 is 9.53 Å². The fourth-order valence-corrected chi connectivity index (χ4v) is 1.79. The molecule has 1 fully saturated rings. The topological polar surface area (TPSA) is 55.6 Å². The van der Waals surface area contributed by atoms with Gasteiger partial charge in [0.1, 0.15) is 6.61 Å². The van der Waals surface area contributed by atoms with E-state index < -0.39 is 0 Å². The Balaban J connectivity index is 2.53. The molecule has 4 nitrogen and oxygen atoms in total. The van der Waals surface area contributed by atoms with Crippen LogP contribution in [0.25, 0.3) is 0 Å². The van der Waals surface area contributed by atoms with Gasteiger partial charge in [0.15, 0.2) is 0 Å². The molecule has 88 valence electrons. The van der Waals surface area contributed by atoms with Crippen LogP contribution in [0.15, 0.2) is 0 Å². The van der Waals surface area contributed by atoms with E-state index in [0.29, 0.717) is 13.2 Å². The number of hydrogen-bond acceptors (Lipinski definition) is 3. The Morgan fingerprint density at radius 3 is 2.73 bits per heavy atom. The zero-order valence-electron chi connectivity index (χ0n) is 9.95. The van der Waals surface area contributed by atoms with Gasteiger partial charge in [-0.05, 0) is 24.8 Å². The van der Waals surface area contributed by atoms with E-state index in [1.54, 1.807) is 0 Å². The number of cyclic esters (lactones) is 1. The van der Waals surface area contributed by atoms with E-state index in [2.05, 4.69) is 20.8 Å². The third-order valence-corrected chi connectivity index (χ3v) is 2.46. The van der Waals surface area contributed by atoms with E-state index in [-0.39, 0.29) is 17.6 Å². The Kier molecular flexibility index (Phi) is 3.97. The fourth-order valence-electron chi connectivity index (χ4n) is 1.79. The van der Waals surface area contributed by atoms with Gasteiger partial charge in [-0.2, -0.15) is 0 Å². The lowest BCUT2D eigenvalue weighted by molar-refractivity contribution is 0.144. The highest BCUT2D eigenvalue weighted by atomic mass is 16.6. The molecule has 2 N–H and O–H groups in total. The van der Waals surface area contributed by atoms with Crippen molar-refractivity contribution in [3.05, 3.63) is 0 Å². The van der Waals surface area contributed by atoms with Crippen LogP contribution in [0.2, 0.25) is 0 Å². The lowest BCUT2D eigenvalue weighted by Crippen LogP contribution is -2.39. The van der Waals surface area contributed by atoms with Crippen molar-refractivity contribution in [3.8, 4) is 0 Å². The standard InChI is InChI=1S/C11H22N2O2/c1-11(2,3)8-13-9(5-4-6-12)7-15-10(13)14/h9H,4-8,12H2,1-3H3. The first kappa shape index (κ1) is 12.3. The molecule has 1 heterocycles. The summed E-state index contributed by atoms with van der Waals surface area (Å²) in [6.07, 6.45) is 1.72. The average molecular weight is 214 g/mol. The van der Waals surface area contributed by atoms with Gasteiger partial charge in [0.25, 0.3) is 0 Å². The second-order valence-electron chi connectivity index (χ2n) is 5.35. The molecule has 1 atom stereocenters. The molecule has 0 radical (unpaired) electrons. The number of nitrogens with two attached hydrogens (primary N) is 1. The quantitative estimate of drug-likeness (QED) is 0.773. The molecule has 0 saturated carbocycles. The van der Waals surface area contributed by atoms with Gasteiger partial charge in [-0.15, -0.1) is 0 Å². The first-order valence-corrected chi connectivity index (χ1v) is 5.57. The van der Waals surface area contributed by atoms with Crippen LogP contribution >= 0.6 is 0 Å². The molecule has 1 unspecified atom stereocenters. The molecule has 0 aliphatic carbocycles. The van der Waals surface area contributed by atoms with Gasteiger partial charge >= 0.3 is 6.09 Å².